The van der Waals surface area contributed by atoms with Gasteiger partial charge in [0.2, 0.25) is 0 Å². The minimum Gasteiger partial charge on any atom is -0.483 e. The van der Waals surface area contributed by atoms with E-state index in [-0.39, 0.29) is 5.97 Å². The summed E-state index contributed by atoms with van der Waals surface area (Å²) in [5.41, 5.74) is 1.10. The summed E-state index contributed by atoms with van der Waals surface area (Å²) in [6.07, 6.45) is 0. The Bertz CT molecular complexity index is 822. The molecule has 3 rings (SSSR count). The summed E-state index contributed by atoms with van der Waals surface area (Å²) in [4.78, 5) is 12.2. The highest BCUT2D eigenvalue weighted by Gasteiger charge is 2.22. The molecule has 0 atom stereocenters. The molecule has 126 valence electrons. The lowest BCUT2D eigenvalue weighted by atomic mass is 9.98. The van der Waals surface area contributed by atoms with Crippen LogP contribution < -0.4 is 9.47 Å². The quantitative estimate of drug-likeness (QED) is 0.475. The number of carbonyl (C=O) groups excluding carboxylic acids is 1. The lowest BCUT2D eigenvalue weighted by Crippen LogP contribution is -2.25. The first-order chi connectivity index (χ1) is 12.0. The monoisotopic (exact) mass is 332 g/mol. The Morgan fingerprint density at radius 2 is 1.28 bits per heavy atom. The second-order valence-electron chi connectivity index (χ2n) is 6.21. The van der Waals surface area contributed by atoms with Crippen molar-refractivity contribution in [2.75, 3.05) is 0 Å². The van der Waals surface area contributed by atoms with Gasteiger partial charge in [0, 0.05) is 0 Å². The van der Waals surface area contributed by atoms with Crippen molar-refractivity contribution >= 4 is 5.97 Å². The van der Waals surface area contributed by atoms with Gasteiger partial charge >= 0.3 is 5.97 Å². The molecule has 0 unspecified atom stereocenters. The summed E-state index contributed by atoms with van der Waals surface area (Å²) in [7, 11) is 0. The fourth-order valence-corrected chi connectivity index (χ4v) is 2.51. The van der Waals surface area contributed by atoms with Crippen LogP contribution in [0.5, 0.6) is 11.5 Å². The van der Waals surface area contributed by atoms with Gasteiger partial charge in [0.15, 0.2) is 0 Å². The van der Waals surface area contributed by atoms with E-state index in [4.69, 9.17) is 9.47 Å². The number of ether oxygens (including phenoxy) is 2. The Morgan fingerprint density at radius 3 is 1.88 bits per heavy atom. The minimum atomic E-state index is -0.465. The first kappa shape index (κ1) is 16.8. The van der Waals surface area contributed by atoms with Crippen LogP contribution >= 0.6 is 0 Å². The first-order valence-corrected chi connectivity index (χ1v) is 8.16. The van der Waals surface area contributed by atoms with E-state index < -0.39 is 5.60 Å². The Balaban J connectivity index is 1.69. The molecule has 0 aromatic heterocycles. The lowest BCUT2D eigenvalue weighted by Gasteiger charge is -2.27. The van der Waals surface area contributed by atoms with Gasteiger partial charge in [0.25, 0.3) is 0 Å². The van der Waals surface area contributed by atoms with Crippen LogP contribution in [0.25, 0.3) is 0 Å². The summed E-state index contributed by atoms with van der Waals surface area (Å²) in [6, 6.07) is 26.0. The fraction of sp³-hybridized carbons (Fsp3) is 0.136. The van der Waals surface area contributed by atoms with Crippen molar-refractivity contribution in [3.8, 4) is 11.5 Å². The molecule has 0 bridgehead atoms. The summed E-state index contributed by atoms with van der Waals surface area (Å²) in [6.45, 7) is 4.03. The van der Waals surface area contributed by atoms with Crippen molar-refractivity contribution in [2.24, 2.45) is 0 Å². The third-order valence-electron chi connectivity index (χ3n) is 3.89. The second-order valence-corrected chi connectivity index (χ2v) is 6.21. The van der Waals surface area contributed by atoms with Crippen molar-refractivity contribution in [2.45, 2.75) is 19.4 Å². The van der Waals surface area contributed by atoms with Crippen LogP contribution in [0.15, 0.2) is 84.9 Å². The first-order valence-electron chi connectivity index (χ1n) is 8.16. The molecule has 0 aliphatic carbocycles. The average Bonchev–Trinajstić information content (AvgIpc) is 2.63. The molecule has 3 aromatic carbocycles. The number of rotatable bonds is 5. The smallest absolute Gasteiger partial charge is 0.343 e. The topological polar surface area (TPSA) is 35.5 Å². The van der Waals surface area contributed by atoms with Crippen LogP contribution in [0, 0.1) is 0 Å². The van der Waals surface area contributed by atoms with E-state index in [2.05, 4.69) is 0 Å². The Morgan fingerprint density at radius 1 is 0.720 bits per heavy atom. The van der Waals surface area contributed by atoms with Crippen molar-refractivity contribution < 1.29 is 14.3 Å². The highest BCUT2D eigenvalue weighted by Crippen LogP contribution is 2.27. The summed E-state index contributed by atoms with van der Waals surface area (Å²) < 4.78 is 11.4. The highest BCUT2D eigenvalue weighted by molar-refractivity contribution is 5.91. The zero-order chi connectivity index (χ0) is 17.7. The summed E-state index contributed by atoms with van der Waals surface area (Å²) in [5, 5.41) is 0. The molecule has 3 heteroatoms. The van der Waals surface area contributed by atoms with Gasteiger partial charge < -0.3 is 9.47 Å². The summed E-state index contributed by atoms with van der Waals surface area (Å²) in [5.74, 6) is 0.836. The molecule has 0 aliphatic heterocycles. The molecule has 25 heavy (non-hydrogen) atoms. The van der Waals surface area contributed by atoms with Gasteiger partial charge in [-0.2, -0.15) is 0 Å². The molecule has 3 aromatic rings. The normalized spacial score (nSPS) is 11.0. The zero-order valence-electron chi connectivity index (χ0n) is 14.3. The van der Waals surface area contributed by atoms with E-state index in [0.717, 1.165) is 5.56 Å². The predicted molar refractivity (Wildman–Crippen MR) is 97.9 cm³/mol. The number of esters is 1. The van der Waals surface area contributed by atoms with E-state index in [0.29, 0.717) is 17.1 Å². The molecule has 0 saturated heterocycles. The maximum Gasteiger partial charge on any atom is 0.343 e. The molecule has 0 heterocycles. The van der Waals surface area contributed by atoms with Crippen LogP contribution in [0.2, 0.25) is 0 Å². The Labute approximate surface area is 147 Å². The second kappa shape index (κ2) is 7.22. The van der Waals surface area contributed by atoms with E-state index in [1.165, 1.54) is 0 Å². The van der Waals surface area contributed by atoms with E-state index in [1.54, 1.807) is 36.4 Å². The molecule has 0 aliphatic rings. The number of hydrogen-bond acceptors (Lipinski definition) is 3. The van der Waals surface area contributed by atoms with Crippen LogP contribution in [0.3, 0.4) is 0 Å². The third kappa shape index (κ3) is 4.27. The van der Waals surface area contributed by atoms with Gasteiger partial charge in [-0.25, -0.2) is 4.79 Å². The van der Waals surface area contributed by atoms with Crippen LogP contribution in [-0.4, -0.2) is 5.97 Å². The molecule has 0 fully saturated rings. The molecular weight excluding hydrogens is 312 g/mol. The van der Waals surface area contributed by atoms with Crippen molar-refractivity contribution in [3.05, 3.63) is 96.1 Å². The Hall–Kier alpha value is -3.07. The fourth-order valence-electron chi connectivity index (χ4n) is 2.51. The molecule has 0 amide bonds. The van der Waals surface area contributed by atoms with Gasteiger partial charge in [-0.15, -0.1) is 0 Å². The number of para-hydroxylation sites is 1. The van der Waals surface area contributed by atoms with Crippen molar-refractivity contribution in [1.82, 2.24) is 0 Å². The molecule has 0 spiro atoms. The van der Waals surface area contributed by atoms with Crippen LogP contribution in [0.1, 0.15) is 29.8 Å². The number of carbonyl (C=O) groups is 1. The predicted octanol–water partition coefficient (Wildman–Crippen LogP) is 5.22. The lowest BCUT2D eigenvalue weighted by molar-refractivity contribution is 0.0734. The van der Waals surface area contributed by atoms with Gasteiger partial charge in [0.05, 0.1) is 5.56 Å². The molecule has 3 nitrogen and oxygen atoms in total. The molecule has 0 radical (unpaired) electrons. The van der Waals surface area contributed by atoms with Gasteiger partial charge in [-0.3, -0.25) is 0 Å². The number of benzene rings is 3. The van der Waals surface area contributed by atoms with Gasteiger partial charge in [-0.1, -0.05) is 48.5 Å². The Kier molecular flexibility index (Phi) is 4.85. The maximum atomic E-state index is 12.2. The van der Waals surface area contributed by atoms with E-state index in [9.17, 15) is 4.79 Å². The highest BCUT2D eigenvalue weighted by atomic mass is 16.5. The van der Waals surface area contributed by atoms with Gasteiger partial charge in [0.1, 0.15) is 17.1 Å². The van der Waals surface area contributed by atoms with E-state index >= 15 is 0 Å². The average molecular weight is 332 g/mol. The van der Waals surface area contributed by atoms with Crippen molar-refractivity contribution in [1.29, 1.82) is 0 Å². The van der Waals surface area contributed by atoms with E-state index in [1.807, 2.05) is 62.4 Å². The van der Waals surface area contributed by atoms with Crippen LogP contribution in [-0.2, 0) is 5.60 Å². The standard InChI is InChI=1S/C22H20O3/c1-22(2,18-9-5-3-6-10-18)25-20-15-13-17(14-16-20)21(23)24-19-11-7-4-8-12-19/h3-16H,1-2H3. The number of hydrogen-bond donors (Lipinski definition) is 0. The molecule has 0 saturated carbocycles. The van der Waals surface area contributed by atoms with Crippen LogP contribution in [0.4, 0.5) is 0 Å². The third-order valence-corrected chi connectivity index (χ3v) is 3.89. The molecule has 0 N–H and O–H groups in total. The SMILES string of the molecule is CC(C)(Oc1ccc(C(=O)Oc2ccccc2)cc1)c1ccccc1. The zero-order valence-corrected chi connectivity index (χ0v) is 14.3. The molecular formula is C22H20O3. The minimum absolute atomic E-state index is 0.389. The largest absolute Gasteiger partial charge is 0.483 e. The van der Waals surface area contributed by atoms with Gasteiger partial charge in [-0.05, 0) is 55.8 Å². The summed E-state index contributed by atoms with van der Waals surface area (Å²) >= 11 is 0. The van der Waals surface area contributed by atoms with Crippen molar-refractivity contribution in [3.63, 3.8) is 0 Å². The maximum absolute atomic E-state index is 12.2.